The van der Waals surface area contributed by atoms with E-state index in [1.807, 2.05) is 0 Å². The molecule has 0 aliphatic carbocycles. The van der Waals surface area contributed by atoms with Gasteiger partial charge in [-0.05, 0) is 50.3 Å². The van der Waals surface area contributed by atoms with Gasteiger partial charge in [-0.25, -0.2) is 9.13 Å². The third-order valence-corrected chi connectivity index (χ3v) is 6.00. The van der Waals surface area contributed by atoms with Crippen LogP contribution in [0.5, 0.6) is 11.5 Å². The van der Waals surface area contributed by atoms with Crippen LogP contribution in [-0.2, 0) is 27.8 Å². The van der Waals surface area contributed by atoms with Gasteiger partial charge in [-0.3, -0.25) is 18.6 Å². The SMILES string of the molecule is C=CC(=O)N(CC)CC(COc1ccc(OCC(CN(CC)C(=O)C=C)OP(=O)(O)O)cc1)OP(=O)(O)O. The summed E-state index contributed by atoms with van der Waals surface area (Å²) in [5.74, 6) is -0.312. The molecule has 4 N–H and O–H groups in total. The van der Waals surface area contributed by atoms with Crippen molar-refractivity contribution in [2.75, 3.05) is 39.4 Å². The van der Waals surface area contributed by atoms with Crippen LogP contribution in [0.25, 0.3) is 0 Å². The van der Waals surface area contributed by atoms with Gasteiger partial charge in [0.15, 0.2) is 0 Å². The summed E-state index contributed by atoms with van der Waals surface area (Å²) in [6.07, 6.45) is -0.157. The van der Waals surface area contributed by atoms with Gasteiger partial charge in [0, 0.05) is 13.1 Å². The van der Waals surface area contributed by atoms with Gasteiger partial charge >= 0.3 is 15.6 Å². The van der Waals surface area contributed by atoms with Crippen molar-refractivity contribution >= 4 is 27.5 Å². The third kappa shape index (κ3) is 13.3. The number of carbonyl (C=O) groups is 2. The highest BCUT2D eigenvalue weighted by atomic mass is 31.2. The zero-order chi connectivity index (χ0) is 28.9. The highest BCUT2D eigenvalue weighted by Crippen LogP contribution is 2.38. The van der Waals surface area contributed by atoms with Crippen molar-refractivity contribution in [3.63, 3.8) is 0 Å². The molecule has 2 unspecified atom stereocenters. The molecule has 2 amide bonds. The summed E-state index contributed by atoms with van der Waals surface area (Å²) in [4.78, 5) is 63.2. The normalized spacial score (nSPS) is 13.2. The summed E-state index contributed by atoms with van der Waals surface area (Å²) >= 11 is 0. The molecule has 0 aliphatic heterocycles. The fourth-order valence-corrected chi connectivity index (χ4v) is 4.16. The van der Waals surface area contributed by atoms with Gasteiger partial charge in [0.05, 0.1) is 13.1 Å². The zero-order valence-corrected chi connectivity index (χ0v) is 22.9. The summed E-state index contributed by atoms with van der Waals surface area (Å²) in [5, 5.41) is 0. The van der Waals surface area contributed by atoms with E-state index in [-0.39, 0.29) is 50.9 Å². The van der Waals surface area contributed by atoms with Gasteiger partial charge in [0.1, 0.15) is 36.9 Å². The molecule has 38 heavy (non-hydrogen) atoms. The fraction of sp³-hybridized carbons (Fsp3) is 0.455. The van der Waals surface area contributed by atoms with E-state index in [1.165, 1.54) is 34.1 Å². The predicted molar refractivity (Wildman–Crippen MR) is 136 cm³/mol. The Bertz CT molecular complexity index is 943. The third-order valence-electron chi connectivity index (χ3n) is 4.85. The van der Waals surface area contributed by atoms with E-state index in [0.29, 0.717) is 0 Å². The zero-order valence-electron chi connectivity index (χ0n) is 21.1. The van der Waals surface area contributed by atoms with Crippen molar-refractivity contribution in [3.05, 3.63) is 49.6 Å². The number of carbonyl (C=O) groups excluding carboxylic acids is 2. The molecule has 0 aliphatic rings. The topological polar surface area (TPSA) is 193 Å². The summed E-state index contributed by atoms with van der Waals surface area (Å²) in [5.41, 5.74) is 0. The molecule has 0 heterocycles. The number of hydrogen-bond donors (Lipinski definition) is 4. The van der Waals surface area contributed by atoms with Crippen LogP contribution in [0.3, 0.4) is 0 Å². The predicted octanol–water partition coefficient (Wildman–Crippen LogP) is 1.47. The minimum absolute atomic E-state index is 0.155. The monoisotopic (exact) mass is 580 g/mol. The lowest BCUT2D eigenvalue weighted by molar-refractivity contribution is -0.128. The van der Waals surface area contributed by atoms with Gasteiger partial charge in [0.25, 0.3) is 0 Å². The number of phosphoric acid groups is 2. The Morgan fingerprint density at radius 1 is 0.789 bits per heavy atom. The standard InChI is InChI=1S/C22H34N2O12P2/c1-5-21(25)23(7-3)13-19(35-37(27,28)29)15-33-17-9-11-18(12-10-17)34-16-20(36-38(30,31)32)14-24(8-4)22(26)6-2/h5-6,9-12,19-20H,1-2,7-8,13-16H2,3-4H3,(H2,27,28,29)(H2,30,31,32). The van der Waals surface area contributed by atoms with Crippen LogP contribution >= 0.6 is 15.6 Å². The highest BCUT2D eigenvalue weighted by Gasteiger charge is 2.27. The molecule has 214 valence electrons. The second kappa shape index (κ2) is 15.8. The molecule has 2 atom stereocenters. The lowest BCUT2D eigenvalue weighted by atomic mass is 10.3. The van der Waals surface area contributed by atoms with Gasteiger partial charge in [-0.1, -0.05) is 13.2 Å². The first-order valence-electron chi connectivity index (χ1n) is 11.4. The molecule has 16 heteroatoms. The second-order valence-corrected chi connectivity index (χ2v) is 10.1. The molecular weight excluding hydrogens is 546 g/mol. The number of benzene rings is 1. The average molecular weight is 580 g/mol. The van der Waals surface area contributed by atoms with Crippen LogP contribution in [-0.4, -0.2) is 92.8 Å². The van der Waals surface area contributed by atoms with Crippen molar-refractivity contribution < 1.29 is 56.8 Å². The molecule has 1 rings (SSSR count). The van der Waals surface area contributed by atoms with E-state index in [9.17, 15) is 38.3 Å². The van der Waals surface area contributed by atoms with Gasteiger partial charge < -0.3 is 38.8 Å². The lowest BCUT2D eigenvalue weighted by Gasteiger charge is -2.26. The van der Waals surface area contributed by atoms with Crippen LogP contribution in [0.1, 0.15) is 13.8 Å². The molecule has 0 saturated heterocycles. The number of phosphoric ester groups is 2. The Morgan fingerprint density at radius 3 is 1.34 bits per heavy atom. The Hall–Kier alpha value is -2.54. The number of amides is 2. The van der Waals surface area contributed by atoms with Crippen molar-refractivity contribution in [1.29, 1.82) is 0 Å². The van der Waals surface area contributed by atoms with Crippen molar-refractivity contribution in [3.8, 4) is 11.5 Å². The first-order valence-corrected chi connectivity index (χ1v) is 14.4. The van der Waals surface area contributed by atoms with E-state index < -0.39 is 39.7 Å². The smallest absolute Gasteiger partial charge is 0.470 e. The quantitative estimate of drug-likeness (QED) is 0.145. The largest absolute Gasteiger partial charge is 0.491 e. The maximum atomic E-state index is 11.9. The molecule has 14 nitrogen and oxygen atoms in total. The van der Waals surface area contributed by atoms with E-state index in [4.69, 9.17) is 18.5 Å². The minimum Gasteiger partial charge on any atom is -0.491 e. The maximum absolute atomic E-state index is 11.9. The van der Waals surface area contributed by atoms with E-state index in [0.717, 1.165) is 12.2 Å². The first kappa shape index (κ1) is 33.5. The van der Waals surface area contributed by atoms with Crippen LogP contribution in [0.15, 0.2) is 49.6 Å². The lowest BCUT2D eigenvalue weighted by Crippen LogP contribution is -2.39. The molecule has 0 radical (unpaired) electrons. The highest BCUT2D eigenvalue weighted by molar-refractivity contribution is 7.46. The summed E-state index contributed by atoms with van der Waals surface area (Å²) in [6, 6.07) is 5.92. The Balaban J connectivity index is 2.83. The van der Waals surface area contributed by atoms with Crippen LogP contribution in [0.2, 0.25) is 0 Å². The summed E-state index contributed by atoms with van der Waals surface area (Å²) < 4.78 is 43.3. The first-order chi connectivity index (χ1) is 17.7. The van der Waals surface area contributed by atoms with Gasteiger partial charge in [-0.15, -0.1) is 0 Å². The second-order valence-electron chi connectivity index (χ2n) is 7.69. The summed E-state index contributed by atoms with van der Waals surface area (Å²) in [7, 11) is -9.74. The van der Waals surface area contributed by atoms with Gasteiger partial charge in [-0.2, -0.15) is 0 Å². The Labute approximate surface area is 220 Å². The van der Waals surface area contributed by atoms with E-state index in [2.05, 4.69) is 13.2 Å². The Kier molecular flexibility index (Phi) is 13.9. The molecule has 1 aromatic rings. The van der Waals surface area contributed by atoms with Crippen molar-refractivity contribution in [2.24, 2.45) is 0 Å². The van der Waals surface area contributed by atoms with Crippen molar-refractivity contribution in [1.82, 2.24) is 9.80 Å². The molecule has 0 spiro atoms. The minimum atomic E-state index is -4.87. The molecule has 0 bridgehead atoms. The summed E-state index contributed by atoms with van der Waals surface area (Å²) in [6.45, 7) is 9.75. The molecule has 0 saturated carbocycles. The average Bonchev–Trinajstić information content (AvgIpc) is 2.85. The Morgan fingerprint density at radius 2 is 1.11 bits per heavy atom. The van der Waals surface area contributed by atoms with Crippen LogP contribution < -0.4 is 9.47 Å². The van der Waals surface area contributed by atoms with Crippen molar-refractivity contribution in [2.45, 2.75) is 26.1 Å². The van der Waals surface area contributed by atoms with Crippen LogP contribution in [0.4, 0.5) is 0 Å². The molecule has 0 aromatic heterocycles. The molecule has 0 fully saturated rings. The number of ether oxygens (including phenoxy) is 2. The van der Waals surface area contributed by atoms with E-state index >= 15 is 0 Å². The number of hydrogen-bond acceptors (Lipinski definition) is 8. The fourth-order valence-electron chi connectivity index (χ4n) is 3.13. The van der Waals surface area contributed by atoms with Crippen LogP contribution in [0, 0.1) is 0 Å². The molecule has 1 aromatic carbocycles. The molecular formula is C22H34N2O12P2. The number of nitrogens with zero attached hydrogens (tertiary/aromatic N) is 2. The number of likely N-dealkylation sites (N-methyl/N-ethyl adjacent to an activating group) is 2. The van der Waals surface area contributed by atoms with E-state index in [1.54, 1.807) is 13.8 Å². The van der Waals surface area contributed by atoms with Gasteiger partial charge in [0.2, 0.25) is 11.8 Å². The maximum Gasteiger partial charge on any atom is 0.470 e. The number of rotatable bonds is 18.